The fourth-order valence-corrected chi connectivity index (χ4v) is 3.85. The third-order valence-electron chi connectivity index (χ3n) is 5.20. The Kier molecular flexibility index (Phi) is 3.06. The molecule has 1 N–H and O–H groups in total. The van der Waals surface area contributed by atoms with Crippen LogP contribution < -0.4 is 5.32 Å². The summed E-state index contributed by atoms with van der Waals surface area (Å²) in [5.74, 6) is 0.586. The molecule has 0 spiro atoms. The van der Waals surface area contributed by atoms with E-state index in [-0.39, 0.29) is 17.9 Å². The summed E-state index contributed by atoms with van der Waals surface area (Å²) in [6.07, 6.45) is 7.36. The van der Waals surface area contributed by atoms with E-state index in [1.54, 1.807) is 0 Å². The molecule has 0 aromatic carbocycles. The first-order chi connectivity index (χ1) is 9.08. The molecule has 106 valence electrons. The van der Waals surface area contributed by atoms with Crippen molar-refractivity contribution >= 4 is 11.8 Å². The SMILES string of the molecule is CCC1C(=O)NC(C)(C2CC2)C(=O)N1C1CCCC1. The number of amides is 2. The largest absolute Gasteiger partial charge is 0.340 e. The fraction of sp³-hybridized carbons (Fsp3) is 0.867. The molecule has 2 aliphatic carbocycles. The van der Waals surface area contributed by atoms with Crippen molar-refractivity contribution in [2.24, 2.45) is 5.92 Å². The van der Waals surface area contributed by atoms with Crippen LogP contribution in [0.25, 0.3) is 0 Å². The quantitative estimate of drug-likeness (QED) is 0.845. The number of nitrogens with one attached hydrogen (secondary N) is 1. The van der Waals surface area contributed by atoms with Crippen LogP contribution in [-0.4, -0.2) is 34.3 Å². The molecule has 0 bridgehead atoms. The van der Waals surface area contributed by atoms with E-state index in [2.05, 4.69) is 5.32 Å². The highest BCUT2D eigenvalue weighted by molar-refractivity contribution is 6.00. The minimum Gasteiger partial charge on any atom is -0.340 e. The number of hydrogen-bond donors (Lipinski definition) is 1. The number of carbonyl (C=O) groups excluding carboxylic acids is 2. The Balaban J connectivity index is 1.91. The summed E-state index contributed by atoms with van der Waals surface area (Å²) in [5.41, 5.74) is -0.634. The van der Waals surface area contributed by atoms with Crippen LogP contribution >= 0.6 is 0 Å². The maximum atomic E-state index is 12.9. The molecule has 1 saturated heterocycles. The summed E-state index contributed by atoms with van der Waals surface area (Å²) in [7, 11) is 0. The summed E-state index contributed by atoms with van der Waals surface area (Å²) in [6, 6.07) is 0.0454. The van der Waals surface area contributed by atoms with Gasteiger partial charge in [0.1, 0.15) is 11.6 Å². The van der Waals surface area contributed by atoms with Crippen molar-refractivity contribution in [1.82, 2.24) is 10.2 Å². The second-order valence-electron chi connectivity index (χ2n) is 6.54. The zero-order valence-electron chi connectivity index (χ0n) is 11.9. The van der Waals surface area contributed by atoms with Crippen LogP contribution in [0.1, 0.15) is 58.8 Å². The van der Waals surface area contributed by atoms with Gasteiger partial charge in [-0.05, 0) is 44.9 Å². The Morgan fingerprint density at radius 3 is 2.37 bits per heavy atom. The highest BCUT2D eigenvalue weighted by atomic mass is 16.2. The van der Waals surface area contributed by atoms with Crippen molar-refractivity contribution in [2.75, 3.05) is 0 Å². The van der Waals surface area contributed by atoms with Gasteiger partial charge in [-0.1, -0.05) is 19.8 Å². The molecule has 1 heterocycles. The summed E-state index contributed by atoms with van der Waals surface area (Å²) in [4.78, 5) is 27.3. The molecule has 2 unspecified atom stereocenters. The number of piperazine rings is 1. The van der Waals surface area contributed by atoms with Gasteiger partial charge in [-0.2, -0.15) is 0 Å². The Bertz CT molecular complexity index is 399. The molecule has 2 atom stereocenters. The van der Waals surface area contributed by atoms with Crippen LogP contribution in [0.5, 0.6) is 0 Å². The zero-order valence-corrected chi connectivity index (χ0v) is 11.9. The first-order valence-corrected chi connectivity index (χ1v) is 7.72. The van der Waals surface area contributed by atoms with Crippen molar-refractivity contribution in [3.05, 3.63) is 0 Å². The molecule has 0 aromatic heterocycles. The lowest BCUT2D eigenvalue weighted by Crippen LogP contribution is -2.71. The first-order valence-electron chi connectivity index (χ1n) is 7.72. The Labute approximate surface area is 114 Å². The van der Waals surface area contributed by atoms with Gasteiger partial charge in [0, 0.05) is 6.04 Å². The highest BCUT2D eigenvalue weighted by Crippen LogP contribution is 2.43. The molecule has 0 aromatic rings. The van der Waals surface area contributed by atoms with E-state index in [0.717, 1.165) is 32.1 Å². The Morgan fingerprint density at radius 1 is 1.21 bits per heavy atom. The molecule has 0 radical (unpaired) electrons. The Morgan fingerprint density at radius 2 is 1.84 bits per heavy atom. The van der Waals surface area contributed by atoms with Gasteiger partial charge in [0.05, 0.1) is 0 Å². The van der Waals surface area contributed by atoms with Gasteiger partial charge in [0.25, 0.3) is 0 Å². The molecule has 2 amide bonds. The lowest BCUT2D eigenvalue weighted by Gasteiger charge is -2.47. The summed E-state index contributed by atoms with van der Waals surface area (Å²) < 4.78 is 0. The van der Waals surface area contributed by atoms with Crippen molar-refractivity contribution in [3.8, 4) is 0 Å². The van der Waals surface area contributed by atoms with Gasteiger partial charge >= 0.3 is 0 Å². The zero-order chi connectivity index (χ0) is 13.6. The standard InChI is InChI=1S/C15H24N2O2/c1-3-12-13(18)16-15(2,10-8-9-10)14(19)17(12)11-6-4-5-7-11/h10-12H,3-9H2,1-2H3,(H,16,18). The monoisotopic (exact) mass is 264 g/mol. The predicted octanol–water partition coefficient (Wildman–Crippen LogP) is 1.83. The molecule has 19 heavy (non-hydrogen) atoms. The third kappa shape index (κ3) is 1.96. The maximum Gasteiger partial charge on any atom is 0.249 e. The molecule has 4 heteroatoms. The van der Waals surface area contributed by atoms with Crippen LogP contribution in [0.3, 0.4) is 0 Å². The number of hydrogen-bond acceptors (Lipinski definition) is 2. The smallest absolute Gasteiger partial charge is 0.249 e. The van der Waals surface area contributed by atoms with Gasteiger partial charge in [0.15, 0.2) is 0 Å². The molecule has 2 saturated carbocycles. The van der Waals surface area contributed by atoms with E-state index in [1.807, 2.05) is 18.7 Å². The molecular formula is C15H24N2O2. The van der Waals surface area contributed by atoms with Crippen LogP contribution in [0.2, 0.25) is 0 Å². The lowest BCUT2D eigenvalue weighted by molar-refractivity contribution is -0.158. The molecule has 3 aliphatic rings. The number of carbonyl (C=O) groups is 2. The van der Waals surface area contributed by atoms with E-state index in [0.29, 0.717) is 12.0 Å². The van der Waals surface area contributed by atoms with E-state index in [1.165, 1.54) is 12.8 Å². The van der Waals surface area contributed by atoms with Gasteiger partial charge in [-0.15, -0.1) is 0 Å². The topological polar surface area (TPSA) is 49.4 Å². The minimum atomic E-state index is -0.634. The van der Waals surface area contributed by atoms with Crippen molar-refractivity contribution in [2.45, 2.75) is 76.4 Å². The number of rotatable bonds is 3. The molecular weight excluding hydrogens is 240 g/mol. The molecule has 3 fully saturated rings. The molecule has 1 aliphatic heterocycles. The number of nitrogens with zero attached hydrogens (tertiary/aromatic N) is 1. The van der Waals surface area contributed by atoms with Crippen LogP contribution in [0.15, 0.2) is 0 Å². The van der Waals surface area contributed by atoms with Crippen molar-refractivity contribution in [3.63, 3.8) is 0 Å². The van der Waals surface area contributed by atoms with Crippen molar-refractivity contribution in [1.29, 1.82) is 0 Å². The van der Waals surface area contributed by atoms with Gasteiger partial charge in [0.2, 0.25) is 11.8 Å². The average molecular weight is 264 g/mol. The van der Waals surface area contributed by atoms with Crippen LogP contribution in [0.4, 0.5) is 0 Å². The van der Waals surface area contributed by atoms with Crippen LogP contribution in [-0.2, 0) is 9.59 Å². The minimum absolute atomic E-state index is 0.0587. The summed E-state index contributed by atoms with van der Waals surface area (Å²) in [6.45, 7) is 3.93. The fourth-order valence-electron chi connectivity index (χ4n) is 3.85. The highest BCUT2D eigenvalue weighted by Gasteiger charge is 2.56. The van der Waals surface area contributed by atoms with Gasteiger partial charge in [-0.3, -0.25) is 9.59 Å². The van der Waals surface area contributed by atoms with E-state index in [9.17, 15) is 9.59 Å². The lowest BCUT2D eigenvalue weighted by atomic mass is 9.87. The van der Waals surface area contributed by atoms with Crippen LogP contribution in [0, 0.1) is 5.92 Å². The summed E-state index contributed by atoms with van der Waals surface area (Å²) >= 11 is 0. The Hall–Kier alpha value is -1.06. The summed E-state index contributed by atoms with van der Waals surface area (Å²) in [5, 5.41) is 3.03. The second-order valence-corrected chi connectivity index (χ2v) is 6.54. The van der Waals surface area contributed by atoms with E-state index in [4.69, 9.17) is 0 Å². The van der Waals surface area contributed by atoms with Gasteiger partial charge in [-0.25, -0.2) is 0 Å². The average Bonchev–Trinajstić information content (AvgIpc) is 3.11. The van der Waals surface area contributed by atoms with Crippen molar-refractivity contribution < 1.29 is 9.59 Å². The van der Waals surface area contributed by atoms with Gasteiger partial charge < -0.3 is 10.2 Å². The van der Waals surface area contributed by atoms with E-state index < -0.39 is 5.54 Å². The second kappa shape index (κ2) is 4.50. The molecule has 4 nitrogen and oxygen atoms in total. The van der Waals surface area contributed by atoms with E-state index >= 15 is 0 Å². The third-order valence-corrected chi connectivity index (χ3v) is 5.20. The predicted molar refractivity (Wildman–Crippen MR) is 72.5 cm³/mol. The maximum absolute atomic E-state index is 12.9. The molecule has 3 rings (SSSR count). The first kappa shape index (κ1) is 12.9. The normalized spacial score (nSPS) is 36.7.